The van der Waals surface area contributed by atoms with E-state index >= 15 is 0 Å². The number of nitrogens with one attached hydrogen (secondary N) is 1. The number of rotatable bonds is 3. The van der Waals surface area contributed by atoms with Crippen LogP contribution in [-0.4, -0.2) is 18.2 Å². The fourth-order valence-corrected chi connectivity index (χ4v) is 2.65. The Kier molecular flexibility index (Phi) is 3.43. The van der Waals surface area contributed by atoms with Gasteiger partial charge in [-0.3, -0.25) is 0 Å². The lowest BCUT2D eigenvalue weighted by Gasteiger charge is -2.18. The first-order valence-corrected chi connectivity index (χ1v) is 6.67. The van der Waals surface area contributed by atoms with E-state index in [2.05, 4.69) is 10.4 Å². The molecule has 2 heterocycles. The van der Waals surface area contributed by atoms with Crippen molar-refractivity contribution in [2.45, 2.75) is 9.79 Å². The predicted molar refractivity (Wildman–Crippen MR) is 73.6 cm³/mol. The first-order valence-electron chi connectivity index (χ1n) is 5.85. The number of ether oxygens (including phenoxy) is 2. The lowest BCUT2D eigenvalue weighted by atomic mass is 10.3. The van der Waals surface area contributed by atoms with Crippen molar-refractivity contribution < 1.29 is 9.47 Å². The summed E-state index contributed by atoms with van der Waals surface area (Å²) in [5, 5.41) is 0. The lowest BCUT2D eigenvalue weighted by Crippen LogP contribution is -2.15. The first-order chi connectivity index (χ1) is 9.35. The molecule has 0 unspecified atom stereocenters. The number of hydrogen-bond donors (Lipinski definition) is 2. The molecule has 98 valence electrons. The highest BCUT2D eigenvalue weighted by Gasteiger charge is 2.12. The number of nitrogen functional groups attached to an aromatic ring is 1. The number of hydrazine groups is 1. The number of nitrogens with two attached hydrogens (primary N) is 1. The van der Waals surface area contributed by atoms with Crippen LogP contribution in [0.2, 0.25) is 0 Å². The smallest absolute Gasteiger partial charge is 0.162 e. The average Bonchev–Trinajstić information content (AvgIpc) is 2.47. The van der Waals surface area contributed by atoms with Crippen molar-refractivity contribution in [2.24, 2.45) is 5.84 Å². The summed E-state index contributed by atoms with van der Waals surface area (Å²) in [4.78, 5) is 6.21. The SMILES string of the molecule is NNc1cc(Sc2ccc3c(c2)OCCO3)ccn1. The molecule has 0 atom stereocenters. The molecule has 5 nitrogen and oxygen atoms in total. The van der Waals surface area contributed by atoms with Crippen LogP contribution in [0.5, 0.6) is 11.5 Å². The van der Waals surface area contributed by atoms with Crippen LogP contribution in [0, 0.1) is 0 Å². The van der Waals surface area contributed by atoms with Crippen LogP contribution >= 0.6 is 11.8 Å². The zero-order valence-corrected chi connectivity index (χ0v) is 10.9. The molecule has 0 fully saturated rings. The van der Waals surface area contributed by atoms with E-state index in [1.54, 1.807) is 18.0 Å². The summed E-state index contributed by atoms with van der Waals surface area (Å²) in [6.07, 6.45) is 1.72. The third-order valence-electron chi connectivity index (χ3n) is 2.63. The molecule has 1 aromatic carbocycles. The van der Waals surface area contributed by atoms with Gasteiger partial charge in [0, 0.05) is 16.0 Å². The van der Waals surface area contributed by atoms with Gasteiger partial charge in [-0.25, -0.2) is 10.8 Å². The largest absolute Gasteiger partial charge is 0.486 e. The zero-order valence-electron chi connectivity index (χ0n) is 10.1. The number of fused-ring (bicyclic) bond motifs is 1. The van der Waals surface area contributed by atoms with Crippen LogP contribution in [0.1, 0.15) is 0 Å². The van der Waals surface area contributed by atoms with Gasteiger partial charge >= 0.3 is 0 Å². The molecule has 0 bridgehead atoms. The van der Waals surface area contributed by atoms with Crippen LogP contribution in [-0.2, 0) is 0 Å². The Bertz CT molecular complexity index is 592. The second-order valence-corrected chi connectivity index (χ2v) is 5.08. The predicted octanol–water partition coefficient (Wildman–Crippen LogP) is 2.29. The lowest BCUT2D eigenvalue weighted by molar-refractivity contribution is 0.171. The number of nitrogens with zero attached hydrogens (tertiary/aromatic N) is 1. The summed E-state index contributed by atoms with van der Waals surface area (Å²) < 4.78 is 11.1. The van der Waals surface area contributed by atoms with Gasteiger partial charge in [0.15, 0.2) is 11.5 Å². The van der Waals surface area contributed by atoms with E-state index in [0.29, 0.717) is 19.0 Å². The molecule has 3 rings (SSSR count). The summed E-state index contributed by atoms with van der Waals surface area (Å²) >= 11 is 1.62. The Labute approximate surface area is 115 Å². The number of aromatic nitrogens is 1. The topological polar surface area (TPSA) is 69.4 Å². The van der Waals surface area contributed by atoms with Gasteiger partial charge in [0.2, 0.25) is 0 Å². The van der Waals surface area contributed by atoms with Crippen molar-refractivity contribution in [1.29, 1.82) is 0 Å². The molecule has 0 amide bonds. The highest BCUT2D eigenvalue weighted by molar-refractivity contribution is 7.99. The number of hydrogen-bond acceptors (Lipinski definition) is 6. The van der Waals surface area contributed by atoms with Gasteiger partial charge in [-0.05, 0) is 30.3 Å². The van der Waals surface area contributed by atoms with Gasteiger partial charge in [-0.15, -0.1) is 0 Å². The molecule has 0 spiro atoms. The maximum Gasteiger partial charge on any atom is 0.162 e. The van der Waals surface area contributed by atoms with Crippen molar-refractivity contribution in [3.05, 3.63) is 36.5 Å². The van der Waals surface area contributed by atoms with E-state index in [4.69, 9.17) is 15.3 Å². The maximum atomic E-state index is 5.56. The van der Waals surface area contributed by atoms with Crippen molar-refractivity contribution in [1.82, 2.24) is 4.98 Å². The quantitative estimate of drug-likeness (QED) is 0.661. The van der Waals surface area contributed by atoms with Crippen LogP contribution in [0.4, 0.5) is 5.82 Å². The normalized spacial score (nSPS) is 13.1. The maximum absolute atomic E-state index is 5.56. The second-order valence-electron chi connectivity index (χ2n) is 3.93. The molecule has 3 N–H and O–H groups in total. The van der Waals surface area contributed by atoms with E-state index in [1.807, 2.05) is 30.3 Å². The third kappa shape index (κ3) is 2.74. The van der Waals surface area contributed by atoms with E-state index in [1.165, 1.54) is 0 Å². The molecule has 0 aliphatic carbocycles. The Morgan fingerprint density at radius 2 is 1.84 bits per heavy atom. The summed E-state index contributed by atoms with van der Waals surface area (Å²) in [5.74, 6) is 7.58. The summed E-state index contributed by atoms with van der Waals surface area (Å²) in [6, 6.07) is 9.74. The van der Waals surface area contributed by atoms with Crippen molar-refractivity contribution in [2.75, 3.05) is 18.6 Å². The molecule has 6 heteroatoms. The molecule has 1 aromatic heterocycles. The third-order valence-corrected chi connectivity index (χ3v) is 3.61. The summed E-state index contributed by atoms with van der Waals surface area (Å²) in [7, 11) is 0. The van der Waals surface area contributed by atoms with Crippen molar-refractivity contribution in [3.63, 3.8) is 0 Å². The van der Waals surface area contributed by atoms with Gasteiger partial charge < -0.3 is 14.9 Å². The van der Waals surface area contributed by atoms with E-state index in [0.717, 1.165) is 21.3 Å². The van der Waals surface area contributed by atoms with Gasteiger partial charge in [0.1, 0.15) is 19.0 Å². The fourth-order valence-electron chi connectivity index (χ4n) is 1.78. The monoisotopic (exact) mass is 275 g/mol. The zero-order chi connectivity index (χ0) is 13.1. The Hall–Kier alpha value is -1.92. The minimum absolute atomic E-state index is 0.595. The standard InChI is InChI=1S/C13H13N3O2S/c14-16-13-8-10(3-4-15-13)19-9-1-2-11-12(7-9)18-6-5-17-11/h1-4,7-8H,5-6,14H2,(H,15,16). The van der Waals surface area contributed by atoms with E-state index < -0.39 is 0 Å². The van der Waals surface area contributed by atoms with Crippen LogP contribution < -0.4 is 20.7 Å². The van der Waals surface area contributed by atoms with Crippen LogP contribution in [0.3, 0.4) is 0 Å². The molecule has 1 aliphatic rings. The van der Waals surface area contributed by atoms with Gasteiger partial charge in [-0.1, -0.05) is 11.8 Å². The fraction of sp³-hybridized carbons (Fsp3) is 0.154. The molecule has 2 aromatic rings. The molecular weight excluding hydrogens is 262 g/mol. The summed E-state index contributed by atoms with van der Waals surface area (Å²) in [5.41, 5.74) is 2.53. The van der Waals surface area contributed by atoms with E-state index in [9.17, 15) is 0 Å². The van der Waals surface area contributed by atoms with E-state index in [-0.39, 0.29) is 0 Å². The number of benzene rings is 1. The molecule has 0 saturated carbocycles. The highest BCUT2D eigenvalue weighted by atomic mass is 32.2. The minimum Gasteiger partial charge on any atom is -0.486 e. The van der Waals surface area contributed by atoms with Gasteiger partial charge in [-0.2, -0.15) is 0 Å². The van der Waals surface area contributed by atoms with Crippen LogP contribution in [0.15, 0.2) is 46.3 Å². The molecular formula is C13H13N3O2S. The molecule has 19 heavy (non-hydrogen) atoms. The van der Waals surface area contributed by atoms with Gasteiger partial charge in [0.25, 0.3) is 0 Å². The first kappa shape index (κ1) is 12.1. The van der Waals surface area contributed by atoms with Crippen molar-refractivity contribution in [3.8, 4) is 11.5 Å². The van der Waals surface area contributed by atoms with Gasteiger partial charge in [0.05, 0.1) is 0 Å². The summed E-state index contributed by atoms with van der Waals surface area (Å²) in [6.45, 7) is 1.20. The highest BCUT2D eigenvalue weighted by Crippen LogP contribution is 2.36. The Balaban J connectivity index is 1.82. The Morgan fingerprint density at radius 3 is 2.68 bits per heavy atom. The molecule has 0 radical (unpaired) electrons. The van der Waals surface area contributed by atoms with Crippen molar-refractivity contribution >= 4 is 17.6 Å². The second kappa shape index (κ2) is 5.38. The molecule has 1 aliphatic heterocycles. The number of pyridine rings is 1. The van der Waals surface area contributed by atoms with Crippen LogP contribution in [0.25, 0.3) is 0 Å². The number of anilines is 1. The molecule has 0 saturated heterocycles. The average molecular weight is 275 g/mol. The Morgan fingerprint density at radius 1 is 1.05 bits per heavy atom. The minimum atomic E-state index is 0.595.